The Hall–Kier alpha value is -3.68. The number of ether oxygens (including phenoxy) is 1. The van der Waals surface area contributed by atoms with Gasteiger partial charge in [0, 0.05) is 11.1 Å². The van der Waals surface area contributed by atoms with Gasteiger partial charge in [0.05, 0.1) is 11.1 Å². The molecule has 3 aromatic rings. The van der Waals surface area contributed by atoms with Crippen molar-refractivity contribution in [2.75, 3.05) is 0 Å². The molecule has 0 heterocycles. The molecule has 0 saturated heterocycles. The third kappa shape index (κ3) is 3.76. The lowest BCUT2D eigenvalue weighted by molar-refractivity contribution is -0.274. The van der Waals surface area contributed by atoms with Crippen LogP contribution in [0, 0.1) is 0 Å². The van der Waals surface area contributed by atoms with E-state index in [2.05, 4.69) is 0 Å². The molecule has 30 heavy (non-hydrogen) atoms. The Morgan fingerprint density at radius 2 is 1.23 bits per heavy atom. The second kappa shape index (κ2) is 7.98. The molecular formula is C23H20O7. The quantitative estimate of drug-likeness (QED) is 0.443. The van der Waals surface area contributed by atoms with E-state index in [-0.39, 0.29) is 11.3 Å². The Kier molecular flexibility index (Phi) is 5.60. The van der Waals surface area contributed by atoms with Gasteiger partial charge in [0.15, 0.2) is 5.60 Å². The normalized spacial score (nSPS) is 13.3. The predicted octanol–water partition coefficient (Wildman–Crippen LogP) is 3.21. The van der Waals surface area contributed by atoms with Gasteiger partial charge in [0.25, 0.3) is 0 Å². The van der Waals surface area contributed by atoms with E-state index in [1.165, 1.54) is 25.1 Å². The minimum Gasteiger partial charge on any atom is -0.478 e. The second-order valence-corrected chi connectivity index (χ2v) is 6.86. The number of hydrogen-bond acceptors (Lipinski definition) is 5. The van der Waals surface area contributed by atoms with E-state index in [1.54, 1.807) is 48.5 Å². The number of aromatic carboxylic acids is 2. The zero-order valence-corrected chi connectivity index (χ0v) is 16.0. The summed E-state index contributed by atoms with van der Waals surface area (Å²) in [6, 6.07) is 20.0. The number of carboxylic acids is 2. The Morgan fingerprint density at radius 3 is 1.73 bits per heavy atom. The van der Waals surface area contributed by atoms with Crippen LogP contribution >= 0.6 is 0 Å². The third-order valence-corrected chi connectivity index (χ3v) is 4.94. The van der Waals surface area contributed by atoms with Gasteiger partial charge in [-0.05, 0) is 25.1 Å². The molecule has 0 aromatic heterocycles. The molecule has 7 nitrogen and oxygen atoms in total. The van der Waals surface area contributed by atoms with Crippen molar-refractivity contribution < 1.29 is 34.8 Å². The highest BCUT2D eigenvalue weighted by Crippen LogP contribution is 2.42. The minimum absolute atomic E-state index is 0.0350. The summed E-state index contributed by atoms with van der Waals surface area (Å²) >= 11 is 0. The van der Waals surface area contributed by atoms with Gasteiger partial charge in [-0.2, -0.15) is 0 Å². The number of carbonyl (C=O) groups is 2. The van der Waals surface area contributed by atoms with Crippen LogP contribution in [0.4, 0.5) is 0 Å². The molecule has 3 aromatic carbocycles. The maximum atomic E-state index is 11.5. The summed E-state index contributed by atoms with van der Waals surface area (Å²) < 4.78 is 5.98. The van der Waals surface area contributed by atoms with Gasteiger partial charge in [-0.1, -0.05) is 60.7 Å². The molecule has 154 valence electrons. The van der Waals surface area contributed by atoms with Crippen LogP contribution in [0.2, 0.25) is 0 Å². The Labute approximate surface area is 172 Å². The minimum atomic E-state index is -2.51. The number of aliphatic hydroxyl groups is 2. The Bertz CT molecular complexity index is 1060. The van der Waals surface area contributed by atoms with Crippen molar-refractivity contribution in [2.24, 2.45) is 0 Å². The fourth-order valence-corrected chi connectivity index (χ4v) is 3.22. The highest BCUT2D eigenvalue weighted by molar-refractivity contribution is 6.02. The lowest BCUT2D eigenvalue weighted by atomic mass is 9.82. The average Bonchev–Trinajstić information content (AvgIpc) is 2.74. The van der Waals surface area contributed by atoms with E-state index >= 15 is 0 Å². The van der Waals surface area contributed by atoms with E-state index in [0.29, 0.717) is 5.56 Å². The fourth-order valence-electron chi connectivity index (χ4n) is 3.22. The molecule has 0 radical (unpaired) electrons. The van der Waals surface area contributed by atoms with Crippen molar-refractivity contribution in [3.8, 4) is 5.75 Å². The summed E-state index contributed by atoms with van der Waals surface area (Å²) in [5.74, 6) is -5.38. The van der Waals surface area contributed by atoms with E-state index in [0.717, 1.165) is 12.1 Å². The molecule has 0 aliphatic rings. The van der Waals surface area contributed by atoms with Crippen molar-refractivity contribution in [1.29, 1.82) is 0 Å². The molecule has 0 fully saturated rings. The van der Waals surface area contributed by atoms with E-state index in [1.807, 2.05) is 0 Å². The van der Waals surface area contributed by atoms with Gasteiger partial charge in [0.1, 0.15) is 5.75 Å². The SMILES string of the molecule is CC(Oc1ccc(C(=O)O)c(C(=O)O)c1)(c1ccccc1)C(O)(O)c1ccccc1. The van der Waals surface area contributed by atoms with Crippen LogP contribution in [0.15, 0.2) is 78.9 Å². The summed E-state index contributed by atoms with van der Waals surface area (Å²) in [4.78, 5) is 22.8. The molecule has 1 atom stereocenters. The average molecular weight is 408 g/mol. The van der Waals surface area contributed by atoms with Crippen LogP contribution in [0.25, 0.3) is 0 Å². The first-order chi connectivity index (χ1) is 14.2. The Balaban J connectivity index is 2.15. The van der Waals surface area contributed by atoms with Crippen LogP contribution in [-0.2, 0) is 11.4 Å². The largest absolute Gasteiger partial charge is 0.478 e. The summed E-state index contributed by atoms with van der Waals surface area (Å²) in [5.41, 5.74) is -2.07. The molecular weight excluding hydrogens is 388 g/mol. The van der Waals surface area contributed by atoms with Crippen molar-refractivity contribution in [2.45, 2.75) is 18.3 Å². The van der Waals surface area contributed by atoms with Gasteiger partial charge in [0.2, 0.25) is 5.79 Å². The van der Waals surface area contributed by atoms with Gasteiger partial charge < -0.3 is 25.2 Å². The summed E-state index contributed by atoms with van der Waals surface area (Å²) in [5, 5.41) is 40.9. The molecule has 0 aliphatic carbocycles. The molecule has 0 saturated carbocycles. The Morgan fingerprint density at radius 1 is 0.733 bits per heavy atom. The van der Waals surface area contributed by atoms with Gasteiger partial charge in [-0.3, -0.25) is 0 Å². The third-order valence-electron chi connectivity index (χ3n) is 4.94. The molecule has 0 aliphatic heterocycles. The maximum absolute atomic E-state index is 11.5. The van der Waals surface area contributed by atoms with Crippen molar-refractivity contribution >= 4 is 11.9 Å². The smallest absolute Gasteiger partial charge is 0.336 e. The highest BCUT2D eigenvalue weighted by atomic mass is 16.6. The van der Waals surface area contributed by atoms with Crippen LogP contribution in [0.1, 0.15) is 38.8 Å². The number of hydrogen-bond donors (Lipinski definition) is 4. The first kappa shape index (κ1) is 21.0. The van der Waals surface area contributed by atoms with Gasteiger partial charge in [-0.15, -0.1) is 0 Å². The molecule has 1 unspecified atom stereocenters. The lowest BCUT2D eigenvalue weighted by Crippen LogP contribution is -2.51. The highest BCUT2D eigenvalue weighted by Gasteiger charge is 2.51. The fraction of sp³-hybridized carbons (Fsp3) is 0.130. The molecule has 0 bridgehead atoms. The molecule has 0 amide bonds. The van der Waals surface area contributed by atoms with Crippen molar-refractivity contribution in [1.82, 2.24) is 0 Å². The van der Waals surface area contributed by atoms with Crippen molar-refractivity contribution in [3.63, 3.8) is 0 Å². The topological polar surface area (TPSA) is 124 Å². The van der Waals surface area contributed by atoms with Crippen LogP contribution in [0.3, 0.4) is 0 Å². The monoisotopic (exact) mass is 408 g/mol. The van der Waals surface area contributed by atoms with E-state index in [4.69, 9.17) is 4.74 Å². The zero-order valence-electron chi connectivity index (χ0n) is 16.0. The summed E-state index contributed by atoms with van der Waals surface area (Å²) in [7, 11) is 0. The van der Waals surface area contributed by atoms with E-state index < -0.39 is 34.5 Å². The van der Waals surface area contributed by atoms with Crippen LogP contribution < -0.4 is 4.74 Å². The maximum Gasteiger partial charge on any atom is 0.336 e. The predicted molar refractivity (Wildman–Crippen MR) is 107 cm³/mol. The summed E-state index contributed by atoms with van der Waals surface area (Å²) in [6.45, 7) is 1.46. The van der Waals surface area contributed by atoms with Crippen LogP contribution in [-0.4, -0.2) is 32.4 Å². The standard InChI is InChI=1S/C23H20O7/c1-22(15-8-4-2-5-9-15,23(28,29)16-10-6-3-7-11-16)30-17-12-13-18(20(24)25)19(14-17)21(26)27/h2-14,28-29H,1H3,(H,24,25)(H,26,27). The molecule has 0 spiro atoms. The number of benzene rings is 3. The first-order valence-electron chi connectivity index (χ1n) is 9.02. The molecule has 4 N–H and O–H groups in total. The van der Waals surface area contributed by atoms with Gasteiger partial charge >= 0.3 is 11.9 Å². The molecule has 7 heteroatoms. The van der Waals surface area contributed by atoms with Gasteiger partial charge in [-0.25, -0.2) is 9.59 Å². The van der Waals surface area contributed by atoms with Crippen LogP contribution in [0.5, 0.6) is 5.75 Å². The first-order valence-corrected chi connectivity index (χ1v) is 9.02. The number of carboxylic acid groups (broad SMARTS) is 2. The number of rotatable bonds is 7. The summed E-state index contributed by atoms with van der Waals surface area (Å²) in [6.07, 6.45) is 0. The lowest BCUT2D eigenvalue weighted by Gasteiger charge is -2.41. The zero-order chi connectivity index (χ0) is 21.9. The van der Waals surface area contributed by atoms with Crippen molar-refractivity contribution in [3.05, 3.63) is 101 Å². The second-order valence-electron chi connectivity index (χ2n) is 6.86. The van der Waals surface area contributed by atoms with E-state index in [9.17, 15) is 30.0 Å². The molecule has 3 rings (SSSR count).